The molecule has 1 aromatic carbocycles. The van der Waals surface area contributed by atoms with Crippen LogP contribution in [0.3, 0.4) is 0 Å². The van der Waals surface area contributed by atoms with Gasteiger partial charge in [-0.1, -0.05) is 19.9 Å². The van der Waals surface area contributed by atoms with Crippen molar-refractivity contribution in [2.75, 3.05) is 46.4 Å². The van der Waals surface area contributed by atoms with Crippen molar-refractivity contribution in [1.82, 2.24) is 14.9 Å². The second-order valence-electron chi connectivity index (χ2n) is 5.12. The average molecular weight is 357 g/mol. The molecule has 1 rings (SSSR count). The van der Waals surface area contributed by atoms with Gasteiger partial charge >= 0.3 is 0 Å². The summed E-state index contributed by atoms with van der Waals surface area (Å²) < 4.78 is 31.3. The van der Waals surface area contributed by atoms with Gasteiger partial charge in [-0.15, -0.1) is 0 Å². The topological polar surface area (TPSA) is 87.7 Å². The lowest BCUT2D eigenvalue weighted by molar-refractivity contribution is 0.0953. The third-order valence-corrected chi connectivity index (χ3v) is 5.56. The van der Waals surface area contributed by atoms with Crippen molar-refractivity contribution in [3.8, 4) is 0 Å². The van der Waals surface area contributed by atoms with Gasteiger partial charge in [0.2, 0.25) is 10.0 Å². The van der Waals surface area contributed by atoms with Gasteiger partial charge in [-0.3, -0.25) is 4.79 Å². The molecule has 0 radical (unpaired) electrons. The van der Waals surface area contributed by atoms with Crippen LogP contribution in [0.15, 0.2) is 29.2 Å². The van der Waals surface area contributed by atoms with E-state index in [2.05, 4.69) is 10.6 Å². The summed E-state index contributed by atoms with van der Waals surface area (Å²) in [7, 11) is -1.94. The highest BCUT2D eigenvalue weighted by Crippen LogP contribution is 2.16. The van der Waals surface area contributed by atoms with Crippen molar-refractivity contribution in [3.05, 3.63) is 29.8 Å². The van der Waals surface area contributed by atoms with Crippen molar-refractivity contribution in [1.29, 1.82) is 0 Å². The van der Waals surface area contributed by atoms with Gasteiger partial charge in [0.05, 0.1) is 11.5 Å². The van der Waals surface area contributed by atoms with Gasteiger partial charge in [0.15, 0.2) is 0 Å². The summed E-state index contributed by atoms with van der Waals surface area (Å²) in [6, 6.07) is 6.12. The van der Waals surface area contributed by atoms with Crippen molar-refractivity contribution >= 4 is 15.9 Å². The Balaban J connectivity index is 2.69. The number of carbonyl (C=O) groups is 1. The highest BCUT2D eigenvalue weighted by Gasteiger charge is 2.22. The van der Waals surface area contributed by atoms with Crippen LogP contribution in [0.1, 0.15) is 24.2 Å². The van der Waals surface area contributed by atoms with Crippen molar-refractivity contribution < 1.29 is 17.9 Å². The fourth-order valence-electron chi connectivity index (χ4n) is 2.18. The van der Waals surface area contributed by atoms with Crippen LogP contribution in [-0.4, -0.2) is 65.1 Å². The Morgan fingerprint density at radius 2 is 1.88 bits per heavy atom. The zero-order chi connectivity index (χ0) is 18.0. The Labute approximate surface area is 144 Å². The van der Waals surface area contributed by atoms with E-state index in [0.29, 0.717) is 44.9 Å². The Hall–Kier alpha value is -1.48. The van der Waals surface area contributed by atoms with Crippen LogP contribution in [0, 0.1) is 0 Å². The molecular formula is C16H27N3O4S. The predicted molar refractivity (Wildman–Crippen MR) is 93.6 cm³/mol. The third kappa shape index (κ3) is 5.86. The number of sulfonamides is 1. The molecule has 0 bridgehead atoms. The minimum absolute atomic E-state index is 0.136. The summed E-state index contributed by atoms with van der Waals surface area (Å²) in [6.07, 6.45) is 0. The van der Waals surface area contributed by atoms with Crippen molar-refractivity contribution in [2.24, 2.45) is 0 Å². The molecule has 0 saturated carbocycles. The molecular weight excluding hydrogens is 330 g/mol. The van der Waals surface area contributed by atoms with Gasteiger partial charge in [0.25, 0.3) is 5.91 Å². The average Bonchev–Trinajstić information content (AvgIpc) is 2.58. The molecule has 8 heteroatoms. The molecule has 136 valence electrons. The Morgan fingerprint density at radius 3 is 2.50 bits per heavy atom. The minimum Gasteiger partial charge on any atom is -0.383 e. The maximum Gasteiger partial charge on any atom is 0.251 e. The summed E-state index contributed by atoms with van der Waals surface area (Å²) in [5.74, 6) is -0.292. The normalized spacial score (nSPS) is 11.7. The molecule has 0 aromatic heterocycles. The number of nitrogens with one attached hydrogen (secondary N) is 2. The molecule has 0 saturated heterocycles. The lowest BCUT2D eigenvalue weighted by Gasteiger charge is -2.18. The van der Waals surface area contributed by atoms with E-state index in [0.717, 1.165) is 0 Å². The fraction of sp³-hybridized carbons (Fsp3) is 0.562. The van der Waals surface area contributed by atoms with Gasteiger partial charge in [0.1, 0.15) is 0 Å². The first kappa shape index (κ1) is 20.6. The summed E-state index contributed by atoms with van der Waals surface area (Å²) in [6.45, 7) is 6.75. The van der Waals surface area contributed by atoms with Gasteiger partial charge in [0, 0.05) is 45.4 Å². The van der Waals surface area contributed by atoms with E-state index in [4.69, 9.17) is 4.74 Å². The molecule has 0 atom stereocenters. The Morgan fingerprint density at radius 1 is 1.17 bits per heavy atom. The molecule has 2 N–H and O–H groups in total. The van der Waals surface area contributed by atoms with E-state index >= 15 is 0 Å². The molecule has 7 nitrogen and oxygen atoms in total. The number of hydrogen-bond acceptors (Lipinski definition) is 5. The van der Waals surface area contributed by atoms with Crippen LogP contribution < -0.4 is 10.6 Å². The van der Waals surface area contributed by atoms with Crippen LogP contribution >= 0.6 is 0 Å². The number of carbonyl (C=O) groups excluding carboxylic acids is 1. The van der Waals surface area contributed by atoms with Crippen molar-refractivity contribution in [3.63, 3.8) is 0 Å². The minimum atomic E-state index is -3.57. The molecule has 0 unspecified atom stereocenters. The van der Waals surface area contributed by atoms with Gasteiger partial charge < -0.3 is 15.4 Å². The predicted octanol–water partition coefficient (Wildman–Crippen LogP) is 0.683. The highest BCUT2D eigenvalue weighted by molar-refractivity contribution is 7.89. The zero-order valence-corrected chi connectivity index (χ0v) is 15.4. The lowest BCUT2D eigenvalue weighted by atomic mass is 10.2. The Bertz CT molecular complexity index is 616. The molecule has 0 aliphatic heterocycles. The maximum absolute atomic E-state index is 12.5. The number of hydrogen-bond donors (Lipinski definition) is 2. The largest absolute Gasteiger partial charge is 0.383 e. The van der Waals surface area contributed by atoms with E-state index in [9.17, 15) is 13.2 Å². The number of ether oxygens (including phenoxy) is 1. The van der Waals surface area contributed by atoms with Crippen LogP contribution in [-0.2, 0) is 14.8 Å². The first-order valence-electron chi connectivity index (χ1n) is 8.05. The number of methoxy groups -OCH3 is 1. The molecule has 0 spiro atoms. The lowest BCUT2D eigenvalue weighted by Crippen LogP contribution is -2.33. The number of rotatable bonds is 11. The molecule has 0 aliphatic rings. The summed E-state index contributed by atoms with van der Waals surface area (Å²) in [5.41, 5.74) is 0.333. The molecule has 1 aromatic rings. The molecule has 0 fully saturated rings. The smallest absolute Gasteiger partial charge is 0.251 e. The van der Waals surface area contributed by atoms with E-state index in [1.165, 1.54) is 16.4 Å². The number of nitrogens with zero attached hydrogens (tertiary/aromatic N) is 1. The Kier molecular flexibility index (Phi) is 8.91. The second kappa shape index (κ2) is 10.4. The van der Waals surface area contributed by atoms with E-state index in [-0.39, 0.29) is 10.8 Å². The first-order valence-corrected chi connectivity index (χ1v) is 9.49. The SMILES string of the molecule is CCN(CC)S(=O)(=O)c1cccc(C(=O)NCCNCCOC)c1. The molecule has 0 aliphatic carbocycles. The molecule has 0 heterocycles. The summed E-state index contributed by atoms with van der Waals surface area (Å²) >= 11 is 0. The van der Waals surface area contributed by atoms with Gasteiger partial charge in [-0.2, -0.15) is 4.31 Å². The van der Waals surface area contributed by atoms with E-state index in [1.807, 2.05) is 0 Å². The summed E-state index contributed by atoms with van der Waals surface area (Å²) in [5, 5.41) is 5.88. The van der Waals surface area contributed by atoms with E-state index < -0.39 is 10.0 Å². The van der Waals surface area contributed by atoms with Gasteiger partial charge in [-0.25, -0.2) is 8.42 Å². The fourth-order valence-corrected chi connectivity index (χ4v) is 3.68. The van der Waals surface area contributed by atoms with Crippen LogP contribution in [0.2, 0.25) is 0 Å². The van der Waals surface area contributed by atoms with Crippen LogP contribution in [0.5, 0.6) is 0 Å². The first-order chi connectivity index (χ1) is 11.5. The highest BCUT2D eigenvalue weighted by atomic mass is 32.2. The molecule has 24 heavy (non-hydrogen) atoms. The number of amides is 1. The second-order valence-corrected chi connectivity index (χ2v) is 7.05. The van der Waals surface area contributed by atoms with Crippen LogP contribution in [0.25, 0.3) is 0 Å². The monoisotopic (exact) mass is 357 g/mol. The summed E-state index contributed by atoms with van der Waals surface area (Å²) in [4.78, 5) is 12.3. The van der Waals surface area contributed by atoms with Crippen LogP contribution in [0.4, 0.5) is 0 Å². The quantitative estimate of drug-likeness (QED) is 0.569. The standard InChI is InChI=1S/C16H27N3O4S/c1-4-19(5-2)24(21,22)15-8-6-7-14(13-15)16(20)18-10-9-17-11-12-23-3/h6-8,13,17H,4-5,9-12H2,1-3H3,(H,18,20). The maximum atomic E-state index is 12.5. The van der Waals surface area contributed by atoms with Gasteiger partial charge in [-0.05, 0) is 18.2 Å². The third-order valence-electron chi connectivity index (χ3n) is 3.51. The van der Waals surface area contributed by atoms with E-state index in [1.54, 1.807) is 33.1 Å². The van der Waals surface area contributed by atoms with Crippen molar-refractivity contribution in [2.45, 2.75) is 18.7 Å². The molecule has 1 amide bonds. The zero-order valence-electron chi connectivity index (χ0n) is 14.5. The number of benzene rings is 1.